The topological polar surface area (TPSA) is 52.6 Å². The number of carboxylic acid groups (broad SMARTS) is 1. The molecule has 0 aromatic carbocycles. The number of likely N-dealkylation sites (N-methyl/N-ethyl adjacent to an activating group) is 1. The van der Waals surface area contributed by atoms with Gasteiger partial charge < -0.3 is 10.4 Å². The van der Waals surface area contributed by atoms with Crippen molar-refractivity contribution in [1.82, 2.24) is 10.2 Å². The van der Waals surface area contributed by atoms with Crippen LogP contribution in [0.1, 0.15) is 41.0 Å². The molecule has 96 valence electrons. The molecule has 0 aliphatic heterocycles. The van der Waals surface area contributed by atoms with Crippen molar-refractivity contribution in [3.63, 3.8) is 0 Å². The number of carboxylic acids is 1. The van der Waals surface area contributed by atoms with Crippen LogP contribution in [0.5, 0.6) is 0 Å². The molecule has 0 spiro atoms. The van der Waals surface area contributed by atoms with Gasteiger partial charge in [-0.2, -0.15) is 0 Å². The lowest BCUT2D eigenvalue weighted by atomic mass is 9.99. The fourth-order valence-electron chi connectivity index (χ4n) is 1.40. The summed E-state index contributed by atoms with van der Waals surface area (Å²) in [6.45, 7) is 10.8. The zero-order valence-corrected chi connectivity index (χ0v) is 11.4. The van der Waals surface area contributed by atoms with Crippen molar-refractivity contribution in [2.45, 2.75) is 58.7 Å². The maximum absolute atomic E-state index is 11.1. The van der Waals surface area contributed by atoms with Gasteiger partial charge in [0.15, 0.2) is 0 Å². The van der Waals surface area contributed by atoms with Crippen LogP contribution >= 0.6 is 0 Å². The van der Waals surface area contributed by atoms with Crippen molar-refractivity contribution in [2.24, 2.45) is 0 Å². The molecule has 0 aliphatic rings. The third-order valence-corrected chi connectivity index (χ3v) is 3.19. The highest BCUT2D eigenvalue weighted by Gasteiger charge is 2.27. The maximum atomic E-state index is 11.1. The molecule has 0 saturated carbocycles. The second-order valence-corrected chi connectivity index (χ2v) is 5.26. The lowest BCUT2D eigenvalue weighted by Crippen LogP contribution is -2.52. The molecule has 0 saturated heterocycles. The molecular formula is C12H26N2O2. The van der Waals surface area contributed by atoms with Gasteiger partial charge in [-0.25, -0.2) is 0 Å². The summed E-state index contributed by atoms with van der Waals surface area (Å²) in [5, 5.41) is 12.2. The van der Waals surface area contributed by atoms with Crippen LogP contribution in [0.4, 0.5) is 0 Å². The van der Waals surface area contributed by atoms with E-state index in [0.717, 1.165) is 6.42 Å². The molecule has 0 rings (SSSR count). The average molecular weight is 230 g/mol. The third-order valence-electron chi connectivity index (χ3n) is 3.19. The quantitative estimate of drug-likeness (QED) is 0.697. The molecule has 0 bridgehead atoms. The van der Waals surface area contributed by atoms with Crippen LogP contribution < -0.4 is 5.32 Å². The molecule has 4 heteroatoms. The lowest BCUT2D eigenvalue weighted by molar-refractivity contribution is -0.140. The van der Waals surface area contributed by atoms with Gasteiger partial charge >= 0.3 is 5.97 Å². The van der Waals surface area contributed by atoms with Crippen molar-refractivity contribution < 1.29 is 9.90 Å². The minimum Gasteiger partial charge on any atom is -0.480 e. The SMILES string of the molecule is CCC(C)(C)N(C)CC(NC(C)C)C(=O)O. The molecule has 0 aromatic rings. The number of hydrogen-bond donors (Lipinski definition) is 2. The zero-order valence-electron chi connectivity index (χ0n) is 11.4. The van der Waals surface area contributed by atoms with Crippen LogP contribution in [0.3, 0.4) is 0 Å². The van der Waals surface area contributed by atoms with Gasteiger partial charge in [0, 0.05) is 18.1 Å². The number of hydrogen-bond acceptors (Lipinski definition) is 3. The number of carbonyl (C=O) groups is 1. The van der Waals surface area contributed by atoms with Crippen molar-refractivity contribution in [1.29, 1.82) is 0 Å². The number of nitrogens with one attached hydrogen (secondary N) is 1. The molecule has 16 heavy (non-hydrogen) atoms. The van der Waals surface area contributed by atoms with Gasteiger partial charge in [-0.3, -0.25) is 9.69 Å². The molecule has 4 nitrogen and oxygen atoms in total. The Balaban J connectivity index is 4.46. The lowest BCUT2D eigenvalue weighted by Gasteiger charge is -2.36. The number of aliphatic carboxylic acids is 1. The molecule has 0 aliphatic carbocycles. The second-order valence-electron chi connectivity index (χ2n) is 5.26. The van der Waals surface area contributed by atoms with Crippen molar-refractivity contribution in [3.8, 4) is 0 Å². The first kappa shape index (κ1) is 15.4. The van der Waals surface area contributed by atoms with Gasteiger partial charge in [-0.05, 0) is 27.3 Å². The van der Waals surface area contributed by atoms with Crippen molar-refractivity contribution in [2.75, 3.05) is 13.6 Å². The zero-order chi connectivity index (χ0) is 12.9. The molecular weight excluding hydrogens is 204 g/mol. The van der Waals surface area contributed by atoms with Crippen LogP contribution in [0.25, 0.3) is 0 Å². The van der Waals surface area contributed by atoms with Crippen LogP contribution in [-0.4, -0.2) is 47.2 Å². The van der Waals surface area contributed by atoms with Gasteiger partial charge in [-0.15, -0.1) is 0 Å². The second kappa shape index (κ2) is 6.21. The highest BCUT2D eigenvalue weighted by Crippen LogP contribution is 2.16. The Bertz CT molecular complexity index is 227. The number of rotatable bonds is 7. The molecule has 2 N–H and O–H groups in total. The third kappa shape index (κ3) is 4.94. The Morgan fingerprint density at radius 2 is 1.94 bits per heavy atom. The molecule has 0 fully saturated rings. The predicted molar refractivity (Wildman–Crippen MR) is 66.7 cm³/mol. The van der Waals surface area contributed by atoms with E-state index in [1.807, 2.05) is 20.9 Å². The summed E-state index contributed by atoms with van der Waals surface area (Å²) in [7, 11) is 1.97. The van der Waals surface area contributed by atoms with E-state index in [9.17, 15) is 4.79 Å². The Hall–Kier alpha value is -0.610. The van der Waals surface area contributed by atoms with E-state index >= 15 is 0 Å². The van der Waals surface area contributed by atoms with Crippen molar-refractivity contribution >= 4 is 5.97 Å². The Labute approximate surface area is 99.0 Å². The predicted octanol–water partition coefficient (Wildman–Crippen LogP) is 1.56. The fraction of sp³-hybridized carbons (Fsp3) is 0.917. The van der Waals surface area contributed by atoms with Crippen molar-refractivity contribution in [3.05, 3.63) is 0 Å². The highest BCUT2D eigenvalue weighted by atomic mass is 16.4. The molecule has 0 aromatic heterocycles. The summed E-state index contributed by atoms with van der Waals surface area (Å²) in [6, 6.07) is -0.324. The van der Waals surface area contributed by atoms with Crippen LogP contribution in [0, 0.1) is 0 Å². The van der Waals surface area contributed by atoms with E-state index in [0.29, 0.717) is 6.54 Å². The summed E-state index contributed by atoms with van der Waals surface area (Å²) >= 11 is 0. The van der Waals surface area contributed by atoms with Gasteiger partial charge in [0.25, 0.3) is 0 Å². The summed E-state index contributed by atoms with van der Waals surface area (Å²) in [6.07, 6.45) is 0.998. The molecule has 0 heterocycles. The van der Waals surface area contributed by atoms with E-state index in [2.05, 4.69) is 31.0 Å². The number of nitrogens with zero attached hydrogens (tertiary/aromatic N) is 1. The first-order chi connectivity index (χ1) is 7.20. The van der Waals surface area contributed by atoms with Crippen LogP contribution in [-0.2, 0) is 4.79 Å². The van der Waals surface area contributed by atoms with Crippen LogP contribution in [0.2, 0.25) is 0 Å². The van der Waals surface area contributed by atoms with Gasteiger partial charge in [-0.1, -0.05) is 20.8 Å². The summed E-state index contributed by atoms with van der Waals surface area (Å²) in [5.74, 6) is -0.785. The smallest absolute Gasteiger partial charge is 0.322 e. The monoisotopic (exact) mass is 230 g/mol. The van der Waals surface area contributed by atoms with Crippen LogP contribution in [0.15, 0.2) is 0 Å². The standard InChI is InChI=1S/C12H26N2O2/c1-7-12(4,5)14(6)8-10(11(15)16)13-9(2)3/h9-10,13H,7-8H2,1-6H3,(H,15,16). The minimum atomic E-state index is -0.785. The average Bonchev–Trinajstić information content (AvgIpc) is 2.15. The van der Waals surface area contributed by atoms with E-state index in [4.69, 9.17) is 5.11 Å². The Morgan fingerprint density at radius 1 is 1.44 bits per heavy atom. The van der Waals surface area contributed by atoms with Gasteiger partial charge in [0.1, 0.15) is 6.04 Å². The first-order valence-electron chi connectivity index (χ1n) is 5.90. The summed E-state index contributed by atoms with van der Waals surface area (Å²) in [4.78, 5) is 13.2. The summed E-state index contributed by atoms with van der Waals surface area (Å²) < 4.78 is 0. The van der Waals surface area contributed by atoms with E-state index in [1.54, 1.807) is 0 Å². The maximum Gasteiger partial charge on any atom is 0.322 e. The molecule has 1 unspecified atom stereocenters. The molecule has 0 amide bonds. The van der Waals surface area contributed by atoms with E-state index in [1.165, 1.54) is 0 Å². The first-order valence-corrected chi connectivity index (χ1v) is 5.90. The fourth-order valence-corrected chi connectivity index (χ4v) is 1.40. The Kier molecular flexibility index (Phi) is 5.97. The van der Waals surface area contributed by atoms with E-state index < -0.39 is 12.0 Å². The van der Waals surface area contributed by atoms with Gasteiger partial charge in [0.05, 0.1) is 0 Å². The van der Waals surface area contributed by atoms with Gasteiger partial charge in [0.2, 0.25) is 0 Å². The Morgan fingerprint density at radius 3 is 2.25 bits per heavy atom. The van der Waals surface area contributed by atoms with E-state index in [-0.39, 0.29) is 11.6 Å². The molecule has 1 atom stereocenters. The molecule has 0 radical (unpaired) electrons. The minimum absolute atomic E-state index is 0.0341. The highest BCUT2D eigenvalue weighted by molar-refractivity contribution is 5.73. The summed E-state index contributed by atoms with van der Waals surface area (Å²) in [5.41, 5.74) is 0.0341. The largest absolute Gasteiger partial charge is 0.480 e. The normalized spacial score (nSPS) is 14.5.